The summed E-state index contributed by atoms with van der Waals surface area (Å²) in [7, 11) is 0. The molecule has 0 radical (unpaired) electrons. The van der Waals surface area contributed by atoms with Gasteiger partial charge in [-0.2, -0.15) is 0 Å². The molecule has 0 bridgehead atoms. The highest BCUT2D eigenvalue weighted by molar-refractivity contribution is 5.82. The average molecular weight is 240 g/mol. The predicted octanol–water partition coefficient (Wildman–Crippen LogP) is 2.30. The van der Waals surface area contributed by atoms with Crippen LogP contribution in [0.1, 0.15) is 53.9 Å². The molecule has 0 aromatic rings. The normalized spacial score (nSPS) is 32.0. The molecule has 0 saturated heterocycles. The van der Waals surface area contributed by atoms with Crippen LogP contribution in [0, 0.1) is 17.3 Å². The lowest BCUT2D eigenvalue weighted by atomic mass is 9.79. The maximum Gasteiger partial charge on any atom is 0.237 e. The van der Waals surface area contributed by atoms with Gasteiger partial charge in [-0.1, -0.05) is 34.6 Å². The molecule has 4 atom stereocenters. The first-order valence-electron chi connectivity index (χ1n) is 6.77. The van der Waals surface area contributed by atoms with E-state index in [-0.39, 0.29) is 11.3 Å². The van der Waals surface area contributed by atoms with Crippen LogP contribution in [0.4, 0.5) is 0 Å². The van der Waals surface area contributed by atoms with Crippen molar-refractivity contribution in [2.24, 2.45) is 23.0 Å². The summed E-state index contributed by atoms with van der Waals surface area (Å²) in [4.78, 5) is 12.0. The summed E-state index contributed by atoms with van der Waals surface area (Å²) in [6.07, 6.45) is 3.38. The zero-order chi connectivity index (χ0) is 13.2. The van der Waals surface area contributed by atoms with Crippen molar-refractivity contribution in [1.82, 2.24) is 5.32 Å². The molecule has 1 saturated carbocycles. The van der Waals surface area contributed by atoms with Gasteiger partial charge in [0.1, 0.15) is 0 Å². The van der Waals surface area contributed by atoms with E-state index in [0.717, 1.165) is 18.8 Å². The molecule has 0 heterocycles. The van der Waals surface area contributed by atoms with E-state index in [1.165, 1.54) is 6.42 Å². The summed E-state index contributed by atoms with van der Waals surface area (Å²) < 4.78 is 0. The summed E-state index contributed by atoms with van der Waals surface area (Å²) >= 11 is 0. The maximum absolute atomic E-state index is 12.0. The van der Waals surface area contributed by atoms with E-state index in [1.807, 2.05) is 20.8 Å². The van der Waals surface area contributed by atoms with E-state index in [0.29, 0.717) is 12.0 Å². The highest BCUT2D eigenvalue weighted by Crippen LogP contribution is 2.29. The van der Waals surface area contributed by atoms with Crippen LogP contribution in [0.25, 0.3) is 0 Å². The summed E-state index contributed by atoms with van der Waals surface area (Å²) in [5, 5.41) is 3.11. The molecule has 0 aromatic heterocycles. The van der Waals surface area contributed by atoms with Crippen LogP contribution in [-0.2, 0) is 4.79 Å². The smallest absolute Gasteiger partial charge is 0.237 e. The van der Waals surface area contributed by atoms with E-state index in [1.54, 1.807) is 0 Å². The van der Waals surface area contributed by atoms with Crippen LogP contribution in [-0.4, -0.2) is 18.0 Å². The van der Waals surface area contributed by atoms with Gasteiger partial charge in [-0.15, -0.1) is 0 Å². The Balaban J connectivity index is 2.47. The lowest BCUT2D eigenvalue weighted by molar-refractivity contribution is -0.125. The van der Waals surface area contributed by atoms with Gasteiger partial charge in [0, 0.05) is 6.04 Å². The molecule has 3 N–H and O–H groups in total. The quantitative estimate of drug-likeness (QED) is 0.778. The van der Waals surface area contributed by atoms with Crippen molar-refractivity contribution < 1.29 is 4.79 Å². The Kier molecular flexibility index (Phi) is 4.59. The first kappa shape index (κ1) is 14.5. The second-order valence-electron chi connectivity index (χ2n) is 6.82. The molecule has 17 heavy (non-hydrogen) atoms. The Morgan fingerprint density at radius 3 is 2.29 bits per heavy atom. The number of hydrogen-bond donors (Lipinski definition) is 2. The van der Waals surface area contributed by atoms with Gasteiger partial charge in [0.05, 0.1) is 6.04 Å². The van der Waals surface area contributed by atoms with Crippen molar-refractivity contribution in [2.75, 3.05) is 0 Å². The molecule has 1 aliphatic carbocycles. The number of rotatable bonds is 2. The van der Waals surface area contributed by atoms with Crippen LogP contribution in [0.3, 0.4) is 0 Å². The van der Waals surface area contributed by atoms with Gasteiger partial charge in [0.2, 0.25) is 5.91 Å². The molecule has 0 spiro atoms. The maximum atomic E-state index is 12.0. The van der Waals surface area contributed by atoms with E-state index >= 15 is 0 Å². The third-order valence-electron chi connectivity index (χ3n) is 4.16. The van der Waals surface area contributed by atoms with Gasteiger partial charge >= 0.3 is 0 Å². The largest absolute Gasteiger partial charge is 0.352 e. The van der Waals surface area contributed by atoms with E-state index in [4.69, 9.17) is 5.73 Å². The van der Waals surface area contributed by atoms with Crippen LogP contribution < -0.4 is 11.1 Å². The van der Waals surface area contributed by atoms with Crippen molar-refractivity contribution in [2.45, 2.75) is 66.0 Å². The minimum atomic E-state index is -0.419. The lowest BCUT2D eigenvalue weighted by Gasteiger charge is -2.34. The number of carbonyl (C=O) groups excluding carboxylic acids is 1. The Morgan fingerprint density at radius 1 is 1.24 bits per heavy atom. The van der Waals surface area contributed by atoms with Crippen molar-refractivity contribution in [1.29, 1.82) is 0 Å². The molecule has 1 aliphatic rings. The van der Waals surface area contributed by atoms with Crippen LogP contribution in [0.5, 0.6) is 0 Å². The minimum Gasteiger partial charge on any atom is -0.352 e. The van der Waals surface area contributed by atoms with Crippen LogP contribution >= 0.6 is 0 Å². The second kappa shape index (κ2) is 5.38. The molecular weight excluding hydrogens is 212 g/mol. The fraction of sp³-hybridized carbons (Fsp3) is 0.929. The van der Waals surface area contributed by atoms with E-state index in [9.17, 15) is 4.79 Å². The molecule has 3 nitrogen and oxygen atoms in total. The third-order valence-corrected chi connectivity index (χ3v) is 4.16. The highest BCUT2D eigenvalue weighted by atomic mass is 16.2. The standard InChI is InChI=1S/C14H28N2O/c1-9-6-7-11(8-10(9)2)16-13(17)12(15)14(3,4)5/h9-12H,6-8,15H2,1-5H3,(H,16,17)/t9?,10?,11?,12-/m1/s1. The highest BCUT2D eigenvalue weighted by Gasteiger charge is 2.31. The van der Waals surface area contributed by atoms with Gasteiger partial charge in [-0.05, 0) is 36.5 Å². The van der Waals surface area contributed by atoms with Crippen LogP contribution in [0.2, 0.25) is 0 Å². The number of amides is 1. The fourth-order valence-corrected chi connectivity index (χ4v) is 2.36. The number of hydrogen-bond acceptors (Lipinski definition) is 2. The molecule has 3 unspecified atom stereocenters. The van der Waals surface area contributed by atoms with Crippen LogP contribution in [0.15, 0.2) is 0 Å². The fourth-order valence-electron chi connectivity index (χ4n) is 2.36. The number of carbonyl (C=O) groups is 1. The van der Waals surface area contributed by atoms with Crippen molar-refractivity contribution in [3.8, 4) is 0 Å². The summed E-state index contributed by atoms with van der Waals surface area (Å²) in [5.41, 5.74) is 5.79. The average Bonchev–Trinajstić information content (AvgIpc) is 2.21. The van der Waals surface area contributed by atoms with Crippen molar-refractivity contribution in [3.05, 3.63) is 0 Å². The monoisotopic (exact) mass is 240 g/mol. The van der Waals surface area contributed by atoms with Gasteiger partial charge in [0.15, 0.2) is 0 Å². The zero-order valence-corrected chi connectivity index (χ0v) is 11.9. The van der Waals surface area contributed by atoms with Gasteiger partial charge in [0.25, 0.3) is 0 Å². The molecular formula is C14H28N2O. The first-order chi connectivity index (χ1) is 7.71. The van der Waals surface area contributed by atoms with Crippen molar-refractivity contribution >= 4 is 5.91 Å². The van der Waals surface area contributed by atoms with Gasteiger partial charge in [-0.25, -0.2) is 0 Å². The molecule has 3 heteroatoms. The SMILES string of the molecule is CC1CCC(NC(=O)[C@@H](N)C(C)(C)C)CC1C. The Hall–Kier alpha value is -0.570. The third kappa shape index (κ3) is 3.98. The Bertz CT molecular complexity index is 270. The molecule has 0 aliphatic heterocycles. The minimum absolute atomic E-state index is 0.00394. The number of nitrogens with one attached hydrogen (secondary N) is 1. The molecule has 1 fully saturated rings. The molecule has 0 aromatic carbocycles. The summed E-state index contributed by atoms with van der Waals surface area (Å²) in [5.74, 6) is 1.48. The van der Waals surface area contributed by atoms with E-state index in [2.05, 4.69) is 19.2 Å². The predicted molar refractivity (Wildman–Crippen MR) is 71.5 cm³/mol. The lowest BCUT2D eigenvalue weighted by Crippen LogP contribution is -2.52. The second-order valence-corrected chi connectivity index (χ2v) is 6.82. The topological polar surface area (TPSA) is 55.1 Å². The van der Waals surface area contributed by atoms with E-state index < -0.39 is 6.04 Å². The number of nitrogens with two attached hydrogens (primary N) is 1. The first-order valence-corrected chi connectivity index (χ1v) is 6.77. The summed E-state index contributed by atoms with van der Waals surface area (Å²) in [6.45, 7) is 10.6. The Labute approximate surface area is 106 Å². The van der Waals surface area contributed by atoms with Crippen molar-refractivity contribution in [3.63, 3.8) is 0 Å². The Morgan fingerprint density at radius 2 is 1.82 bits per heavy atom. The zero-order valence-electron chi connectivity index (χ0n) is 11.9. The summed E-state index contributed by atoms with van der Waals surface area (Å²) in [6, 6.07) is -0.0979. The molecule has 1 amide bonds. The molecule has 100 valence electrons. The van der Waals surface area contributed by atoms with Gasteiger partial charge < -0.3 is 11.1 Å². The van der Waals surface area contributed by atoms with Gasteiger partial charge in [-0.3, -0.25) is 4.79 Å². The molecule has 1 rings (SSSR count).